The molecule has 1 heterocycles. The van der Waals surface area contributed by atoms with Crippen LogP contribution in [0.4, 0.5) is 24.8 Å². The molecule has 0 unspecified atom stereocenters. The number of carbonyl (C=O) groups excluding carboxylic acids is 2. The van der Waals surface area contributed by atoms with Crippen molar-refractivity contribution < 1.29 is 27.9 Å². The van der Waals surface area contributed by atoms with E-state index < -0.39 is 23.1 Å². The van der Waals surface area contributed by atoms with Crippen molar-refractivity contribution in [2.45, 2.75) is 58.7 Å². The lowest BCUT2D eigenvalue weighted by Crippen LogP contribution is -2.27. The van der Waals surface area contributed by atoms with E-state index in [1.807, 2.05) is 10.6 Å². The molecule has 0 aliphatic heterocycles. The molecule has 0 saturated heterocycles. The molecule has 0 radical (unpaired) electrons. The molecular weight excluding hydrogens is 485 g/mol. The summed E-state index contributed by atoms with van der Waals surface area (Å²) >= 11 is 0. The van der Waals surface area contributed by atoms with Crippen molar-refractivity contribution in [1.29, 1.82) is 0 Å². The number of benzene rings is 2. The van der Waals surface area contributed by atoms with Crippen LogP contribution >= 0.6 is 0 Å². The Kier molecular flexibility index (Phi) is 7.32. The number of nitrogens with one attached hydrogen (secondary N) is 2. The summed E-state index contributed by atoms with van der Waals surface area (Å²) in [5.41, 5.74) is 0.197. The van der Waals surface area contributed by atoms with Gasteiger partial charge in [0.15, 0.2) is 0 Å². The highest BCUT2D eigenvalue weighted by molar-refractivity contribution is 6.04. The third-order valence-corrected chi connectivity index (χ3v) is 6.75. The van der Waals surface area contributed by atoms with Crippen molar-refractivity contribution in [3.05, 3.63) is 53.6 Å². The summed E-state index contributed by atoms with van der Waals surface area (Å²) in [6.45, 7) is 5.53. The van der Waals surface area contributed by atoms with E-state index in [1.165, 1.54) is 12.1 Å². The molecular formula is C27H31F3N4O3. The molecule has 7 nitrogen and oxygen atoms in total. The van der Waals surface area contributed by atoms with Crippen molar-refractivity contribution in [2.75, 3.05) is 17.2 Å². The molecule has 10 heteroatoms. The van der Waals surface area contributed by atoms with Gasteiger partial charge < -0.3 is 15.0 Å². The fourth-order valence-electron chi connectivity index (χ4n) is 4.55. The Morgan fingerprint density at radius 3 is 2.35 bits per heavy atom. The van der Waals surface area contributed by atoms with Gasteiger partial charge in [-0.1, -0.05) is 26.8 Å². The minimum absolute atomic E-state index is 0.0142. The summed E-state index contributed by atoms with van der Waals surface area (Å²) < 4.78 is 41.4. The number of aromatic nitrogens is 2. The van der Waals surface area contributed by atoms with E-state index in [0.29, 0.717) is 11.2 Å². The van der Waals surface area contributed by atoms with E-state index in [1.54, 1.807) is 32.9 Å². The van der Waals surface area contributed by atoms with Gasteiger partial charge in [0.1, 0.15) is 0 Å². The monoisotopic (exact) mass is 516 g/mol. The third-order valence-electron chi connectivity index (χ3n) is 6.75. The predicted octanol–water partition coefficient (Wildman–Crippen LogP) is 6.02. The van der Waals surface area contributed by atoms with Crippen molar-refractivity contribution in [3.8, 4) is 0 Å². The van der Waals surface area contributed by atoms with Gasteiger partial charge in [0.05, 0.1) is 16.6 Å². The first-order chi connectivity index (χ1) is 17.4. The molecule has 1 saturated carbocycles. The summed E-state index contributed by atoms with van der Waals surface area (Å²) in [5.74, 6) is -0.419. The summed E-state index contributed by atoms with van der Waals surface area (Å²) in [6, 6.07) is 9.54. The summed E-state index contributed by atoms with van der Waals surface area (Å²) in [6.07, 6.45) is -1.44. The quantitative estimate of drug-likeness (QED) is 0.387. The van der Waals surface area contributed by atoms with Crippen LogP contribution in [0.3, 0.4) is 0 Å². The van der Waals surface area contributed by atoms with Crippen LogP contribution in [-0.4, -0.2) is 33.1 Å². The normalized spacial score (nSPS) is 18.6. The number of hydrogen-bond acceptors (Lipinski definition) is 4. The SMILES string of the molecule is CC(C)(C)C(=O)Nc1ccc2c(c1)nc(NC(=O)c1cccc(C(F)(F)F)c1)n2[C@H]1CC[C@@H](CO)CC1. The lowest BCUT2D eigenvalue weighted by atomic mass is 9.86. The number of nitrogens with zero attached hydrogens (tertiary/aromatic N) is 2. The van der Waals surface area contributed by atoms with Crippen LogP contribution in [0, 0.1) is 11.3 Å². The summed E-state index contributed by atoms with van der Waals surface area (Å²) in [7, 11) is 0. The molecule has 4 rings (SSSR count). The third kappa shape index (κ3) is 5.95. The Balaban J connectivity index is 1.70. The van der Waals surface area contributed by atoms with Crippen molar-refractivity contribution in [2.24, 2.45) is 11.3 Å². The van der Waals surface area contributed by atoms with Crippen LogP contribution < -0.4 is 10.6 Å². The molecule has 0 bridgehead atoms. The Hall–Kier alpha value is -3.40. The Morgan fingerprint density at radius 2 is 1.73 bits per heavy atom. The number of hydrogen-bond donors (Lipinski definition) is 3. The number of alkyl halides is 3. The minimum Gasteiger partial charge on any atom is -0.396 e. The second kappa shape index (κ2) is 10.2. The van der Waals surface area contributed by atoms with Gasteiger partial charge in [-0.25, -0.2) is 4.98 Å². The first-order valence-electron chi connectivity index (χ1n) is 12.3. The predicted molar refractivity (Wildman–Crippen MR) is 135 cm³/mol. The zero-order valence-corrected chi connectivity index (χ0v) is 21.0. The average Bonchev–Trinajstić information content (AvgIpc) is 3.20. The molecule has 37 heavy (non-hydrogen) atoms. The maximum Gasteiger partial charge on any atom is 0.416 e. The molecule has 2 amide bonds. The molecule has 198 valence electrons. The molecule has 1 aromatic heterocycles. The first-order valence-corrected chi connectivity index (χ1v) is 12.3. The highest BCUT2D eigenvalue weighted by Gasteiger charge is 2.31. The summed E-state index contributed by atoms with van der Waals surface area (Å²) in [4.78, 5) is 30.1. The second-order valence-electron chi connectivity index (χ2n) is 10.6. The van der Waals surface area contributed by atoms with Crippen LogP contribution in [0.2, 0.25) is 0 Å². The molecule has 0 spiro atoms. The van der Waals surface area contributed by atoms with Gasteiger partial charge in [-0.2, -0.15) is 13.2 Å². The first kappa shape index (κ1) is 26.7. The smallest absolute Gasteiger partial charge is 0.396 e. The van der Waals surface area contributed by atoms with E-state index in [2.05, 4.69) is 15.6 Å². The maximum atomic E-state index is 13.2. The zero-order valence-electron chi connectivity index (χ0n) is 21.0. The van der Waals surface area contributed by atoms with E-state index in [9.17, 15) is 27.9 Å². The van der Waals surface area contributed by atoms with Gasteiger partial charge >= 0.3 is 6.18 Å². The number of amides is 2. The fraction of sp³-hybridized carbons (Fsp3) is 0.444. The zero-order chi connectivity index (χ0) is 27.0. The van der Waals surface area contributed by atoms with Crippen LogP contribution in [0.15, 0.2) is 42.5 Å². The highest BCUT2D eigenvalue weighted by atomic mass is 19.4. The van der Waals surface area contributed by atoms with E-state index in [0.717, 1.165) is 43.3 Å². The van der Waals surface area contributed by atoms with Gasteiger partial charge in [-0.3, -0.25) is 14.9 Å². The van der Waals surface area contributed by atoms with E-state index >= 15 is 0 Å². The van der Waals surface area contributed by atoms with Crippen LogP contribution in [0.25, 0.3) is 11.0 Å². The lowest BCUT2D eigenvalue weighted by Gasteiger charge is -2.29. The van der Waals surface area contributed by atoms with E-state index in [4.69, 9.17) is 0 Å². The molecule has 1 aliphatic rings. The van der Waals surface area contributed by atoms with Gasteiger partial charge in [0, 0.05) is 29.3 Å². The average molecular weight is 517 g/mol. The largest absolute Gasteiger partial charge is 0.416 e. The number of anilines is 2. The standard InChI is InChI=1S/C27H31F3N4O3/c1-26(2,3)24(37)31-19-9-12-22-21(14-19)32-25(34(22)20-10-7-16(15-35)8-11-20)33-23(36)17-5-4-6-18(13-17)27(28,29)30/h4-6,9,12-14,16,20,35H,7-8,10-11,15H2,1-3H3,(H,31,37)(H,32,33,36)/t16-,20+. The number of aliphatic hydroxyl groups excluding tert-OH is 1. The van der Waals surface area contributed by atoms with Gasteiger partial charge in [0.25, 0.3) is 5.91 Å². The molecule has 1 aliphatic carbocycles. The Morgan fingerprint density at radius 1 is 1.03 bits per heavy atom. The topological polar surface area (TPSA) is 96.3 Å². The fourth-order valence-corrected chi connectivity index (χ4v) is 4.55. The highest BCUT2D eigenvalue weighted by Crippen LogP contribution is 2.37. The number of aliphatic hydroxyl groups is 1. The summed E-state index contributed by atoms with van der Waals surface area (Å²) in [5, 5.41) is 15.1. The molecule has 0 atom stereocenters. The van der Waals surface area contributed by atoms with Gasteiger partial charge in [0.2, 0.25) is 11.9 Å². The van der Waals surface area contributed by atoms with Gasteiger partial charge in [-0.05, 0) is 68.0 Å². The molecule has 3 N–H and O–H groups in total. The minimum atomic E-state index is -4.57. The number of rotatable bonds is 5. The second-order valence-corrected chi connectivity index (χ2v) is 10.6. The Bertz CT molecular complexity index is 1300. The number of imidazole rings is 1. The van der Waals surface area contributed by atoms with Crippen LogP contribution in [0.1, 0.15) is 68.4 Å². The van der Waals surface area contributed by atoms with Crippen molar-refractivity contribution in [3.63, 3.8) is 0 Å². The number of carbonyl (C=O) groups is 2. The van der Waals surface area contributed by atoms with Crippen LogP contribution in [-0.2, 0) is 11.0 Å². The lowest BCUT2D eigenvalue weighted by molar-refractivity contribution is -0.137. The molecule has 1 fully saturated rings. The maximum absolute atomic E-state index is 13.2. The van der Waals surface area contributed by atoms with Crippen LogP contribution in [0.5, 0.6) is 0 Å². The van der Waals surface area contributed by atoms with Gasteiger partial charge in [-0.15, -0.1) is 0 Å². The number of fused-ring (bicyclic) bond motifs is 1. The Labute approximate surface area is 213 Å². The number of halogens is 3. The van der Waals surface area contributed by atoms with Crippen molar-refractivity contribution in [1.82, 2.24) is 9.55 Å². The molecule has 2 aromatic carbocycles. The van der Waals surface area contributed by atoms with Crippen molar-refractivity contribution >= 4 is 34.5 Å². The molecule has 3 aromatic rings. The van der Waals surface area contributed by atoms with E-state index in [-0.39, 0.29) is 36.0 Å².